The molecule has 0 aromatic rings. The number of carbonyl (C=O) groups excluding carboxylic acids is 1. The molecule has 126 valence electrons. The minimum absolute atomic E-state index is 0.340. The number of esters is 1. The Bertz CT molecular complexity index is 290. The van der Waals surface area contributed by atoms with Crippen molar-refractivity contribution in [3.63, 3.8) is 0 Å². The second-order valence-electron chi connectivity index (χ2n) is 4.60. The van der Waals surface area contributed by atoms with Gasteiger partial charge in [-0.05, 0) is 32.5 Å². The van der Waals surface area contributed by atoms with E-state index >= 15 is 0 Å². The molecule has 0 aromatic heterocycles. The second kappa shape index (κ2) is 13.2. The molecule has 0 N–H and O–H groups in total. The van der Waals surface area contributed by atoms with Crippen LogP contribution in [0.4, 0.5) is 0 Å². The minimum Gasteiger partial charge on any atom is -0.462 e. The van der Waals surface area contributed by atoms with E-state index in [9.17, 15) is 4.79 Å². The molecule has 0 spiro atoms. The summed E-state index contributed by atoms with van der Waals surface area (Å²) in [5, 5.41) is 0. The zero-order valence-corrected chi connectivity index (χ0v) is 16.5. The first-order valence-electron chi connectivity index (χ1n) is 6.74. The van der Waals surface area contributed by atoms with E-state index in [0.717, 1.165) is 12.5 Å². The highest BCUT2D eigenvalue weighted by molar-refractivity contribution is 6.65. The normalized spacial score (nSPS) is 10.9. The third-order valence-corrected chi connectivity index (χ3v) is 7.20. The Morgan fingerprint density at radius 3 is 1.90 bits per heavy atom. The van der Waals surface area contributed by atoms with E-state index in [1.807, 2.05) is 13.1 Å². The molecule has 21 heavy (non-hydrogen) atoms. The van der Waals surface area contributed by atoms with E-state index < -0.39 is 17.8 Å². The molecule has 0 bridgehead atoms. The maximum Gasteiger partial charge on any atom is 0.334 e. The molecular weight excluding hydrogens is 308 g/mol. The fourth-order valence-corrected chi connectivity index (χ4v) is 2.62. The van der Waals surface area contributed by atoms with Gasteiger partial charge >= 0.3 is 23.8 Å². The van der Waals surface area contributed by atoms with Gasteiger partial charge in [-0.1, -0.05) is 6.58 Å². The summed E-state index contributed by atoms with van der Waals surface area (Å²) in [7, 11) is 3.46. The van der Waals surface area contributed by atoms with Crippen LogP contribution in [0.15, 0.2) is 12.2 Å². The van der Waals surface area contributed by atoms with Crippen LogP contribution < -0.4 is 0 Å². The average Bonchev–Trinajstić information content (AvgIpc) is 2.50. The summed E-state index contributed by atoms with van der Waals surface area (Å²) in [6.45, 7) is 9.47. The molecule has 0 aliphatic heterocycles. The van der Waals surface area contributed by atoms with Crippen LogP contribution in [0.3, 0.4) is 0 Å². The van der Waals surface area contributed by atoms with E-state index in [1.54, 1.807) is 35.4 Å². The van der Waals surface area contributed by atoms with Crippen molar-refractivity contribution in [1.29, 1.82) is 0 Å². The Morgan fingerprint density at radius 1 is 1.14 bits per heavy atom. The van der Waals surface area contributed by atoms with Crippen LogP contribution in [0.1, 0.15) is 13.3 Å². The van der Waals surface area contributed by atoms with Crippen LogP contribution in [0.2, 0.25) is 19.1 Å². The predicted molar refractivity (Wildman–Crippen MR) is 87.9 cm³/mol. The molecule has 8 heteroatoms. The first kappa shape index (κ1) is 22.8. The van der Waals surface area contributed by atoms with Gasteiger partial charge < -0.3 is 22.4 Å². The average molecular weight is 339 g/mol. The number of hydrogen-bond donors (Lipinski definition) is 0. The Morgan fingerprint density at radius 2 is 1.62 bits per heavy atom. The number of ether oxygens (including phenoxy) is 1. The summed E-state index contributed by atoms with van der Waals surface area (Å²) in [4.78, 5) is 11.0. The van der Waals surface area contributed by atoms with Gasteiger partial charge in [0, 0.05) is 34.0 Å². The summed E-state index contributed by atoms with van der Waals surface area (Å²) in [6.07, 6.45) is 0.753. The highest BCUT2D eigenvalue weighted by Gasteiger charge is 2.27. The van der Waals surface area contributed by atoms with Crippen LogP contribution in [0, 0.1) is 0 Å². The van der Waals surface area contributed by atoms with E-state index in [0.29, 0.717) is 12.2 Å². The van der Waals surface area contributed by atoms with Gasteiger partial charge in [-0.3, -0.25) is 0 Å². The molecule has 0 amide bonds. The Kier molecular flexibility index (Phi) is 14.3. The topological polar surface area (TPSA) is 63.2 Å². The summed E-state index contributed by atoms with van der Waals surface area (Å²) >= 11 is 0. The lowest BCUT2D eigenvalue weighted by Gasteiger charge is -2.22. The van der Waals surface area contributed by atoms with Gasteiger partial charge in [0.25, 0.3) is 0 Å². The lowest BCUT2D eigenvalue weighted by atomic mass is 10.4. The largest absolute Gasteiger partial charge is 0.462 e. The molecule has 0 aliphatic rings. The molecule has 0 heterocycles. The monoisotopic (exact) mass is 338 g/mol. The summed E-state index contributed by atoms with van der Waals surface area (Å²) in [6, 6.07) is 0.809. The van der Waals surface area contributed by atoms with Crippen LogP contribution >= 0.6 is 0 Å². The summed E-state index contributed by atoms with van der Waals surface area (Å²) < 4.78 is 25.2. The SMILES string of the molecule is C=C(C)C(=O)OCCC[Si](C)(OC)OC.CO[SiH](C)OC. The van der Waals surface area contributed by atoms with Crippen LogP contribution in [-0.2, 0) is 27.2 Å². The lowest BCUT2D eigenvalue weighted by molar-refractivity contribution is -0.138. The maximum atomic E-state index is 11.0. The van der Waals surface area contributed by atoms with Gasteiger partial charge in [-0.2, -0.15) is 0 Å². The third kappa shape index (κ3) is 12.9. The number of rotatable bonds is 9. The van der Waals surface area contributed by atoms with Crippen LogP contribution in [0.25, 0.3) is 0 Å². The first-order chi connectivity index (χ1) is 9.76. The first-order valence-corrected chi connectivity index (χ1v) is 11.4. The fraction of sp³-hybridized carbons (Fsp3) is 0.769. The predicted octanol–water partition coefficient (Wildman–Crippen LogP) is 1.99. The molecule has 0 unspecified atom stereocenters. The second-order valence-corrected chi connectivity index (χ2v) is 10.3. The molecule has 6 nitrogen and oxygen atoms in total. The Hall–Kier alpha value is -0.516. The molecule has 0 saturated heterocycles. The van der Waals surface area contributed by atoms with Gasteiger partial charge in [0.1, 0.15) is 0 Å². The fourth-order valence-electron chi connectivity index (χ4n) is 1.07. The standard InChI is InChI=1S/C10H20O4Si.C3H10O2Si/c1-9(2)10(11)14-7-6-8-15(5,12-3)13-4;1-4-6(3)5-2/h1,6-8H2,2-5H3;6H,1-3H3. The van der Waals surface area contributed by atoms with E-state index in [-0.39, 0.29) is 5.97 Å². The lowest BCUT2D eigenvalue weighted by Crippen LogP contribution is -2.36. The van der Waals surface area contributed by atoms with Crippen LogP contribution in [0.5, 0.6) is 0 Å². The molecule has 0 aliphatic carbocycles. The van der Waals surface area contributed by atoms with Crippen molar-refractivity contribution in [1.82, 2.24) is 0 Å². The van der Waals surface area contributed by atoms with Gasteiger partial charge in [-0.15, -0.1) is 0 Å². The van der Waals surface area contributed by atoms with Gasteiger partial charge in [-0.25, -0.2) is 4.79 Å². The van der Waals surface area contributed by atoms with E-state index in [4.69, 9.17) is 22.4 Å². The molecule has 0 fully saturated rings. The van der Waals surface area contributed by atoms with Crippen molar-refractivity contribution in [3.05, 3.63) is 12.2 Å². The van der Waals surface area contributed by atoms with Crippen LogP contribution in [-0.4, -0.2) is 58.9 Å². The molecule has 0 radical (unpaired) electrons. The Balaban J connectivity index is 0. The minimum atomic E-state index is -2.01. The number of carbonyl (C=O) groups is 1. The van der Waals surface area contributed by atoms with Crippen molar-refractivity contribution in [3.8, 4) is 0 Å². The zero-order chi connectivity index (χ0) is 16.9. The highest BCUT2D eigenvalue weighted by Crippen LogP contribution is 2.13. The number of hydrogen-bond acceptors (Lipinski definition) is 6. The van der Waals surface area contributed by atoms with Gasteiger partial charge in [0.2, 0.25) is 0 Å². The van der Waals surface area contributed by atoms with Gasteiger partial charge in [0.15, 0.2) is 0 Å². The van der Waals surface area contributed by atoms with Crippen molar-refractivity contribution < 1.29 is 27.2 Å². The highest BCUT2D eigenvalue weighted by atomic mass is 28.4. The van der Waals surface area contributed by atoms with Crippen molar-refractivity contribution >= 4 is 23.8 Å². The quantitative estimate of drug-likeness (QED) is 0.277. The van der Waals surface area contributed by atoms with Crippen molar-refractivity contribution in [2.24, 2.45) is 0 Å². The molecular formula is C13H30O6Si2. The molecule has 0 aromatic carbocycles. The van der Waals surface area contributed by atoms with E-state index in [2.05, 4.69) is 6.58 Å². The van der Waals surface area contributed by atoms with Crippen molar-refractivity contribution in [2.75, 3.05) is 35.0 Å². The Labute approximate surface area is 131 Å². The smallest absolute Gasteiger partial charge is 0.334 e. The molecule has 0 saturated carbocycles. The zero-order valence-electron chi connectivity index (χ0n) is 14.4. The van der Waals surface area contributed by atoms with Gasteiger partial charge in [0.05, 0.1) is 6.61 Å². The molecule has 0 rings (SSSR count). The summed E-state index contributed by atoms with van der Waals surface area (Å²) in [5.74, 6) is -0.340. The maximum absolute atomic E-state index is 11.0. The third-order valence-electron chi connectivity index (χ3n) is 2.88. The summed E-state index contributed by atoms with van der Waals surface area (Å²) in [5.41, 5.74) is 0.425. The molecule has 0 atom stereocenters. The van der Waals surface area contributed by atoms with Crippen molar-refractivity contribution in [2.45, 2.75) is 32.5 Å². The van der Waals surface area contributed by atoms with E-state index in [1.165, 1.54) is 0 Å².